The molecule has 1 amide bonds. The van der Waals surface area contributed by atoms with E-state index in [1.807, 2.05) is 0 Å². The van der Waals surface area contributed by atoms with E-state index >= 15 is 0 Å². The molecule has 0 bridgehead atoms. The van der Waals surface area contributed by atoms with Crippen LogP contribution in [0.5, 0.6) is 0 Å². The van der Waals surface area contributed by atoms with Gasteiger partial charge in [0.1, 0.15) is 0 Å². The Balaban J connectivity index is 1.58. The van der Waals surface area contributed by atoms with Crippen LogP contribution in [-0.4, -0.2) is 74.7 Å². The number of hydrogen-bond acceptors (Lipinski definition) is 4. The zero-order valence-corrected chi connectivity index (χ0v) is 16.2. The molecular weight excluding hydrogens is 326 g/mol. The normalized spacial score (nSPS) is 22.7. The van der Waals surface area contributed by atoms with E-state index in [0.29, 0.717) is 6.42 Å². The highest BCUT2D eigenvalue weighted by Gasteiger charge is 2.35. The molecule has 0 aliphatic carbocycles. The van der Waals surface area contributed by atoms with Crippen LogP contribution in [0.2, 0.25) is 0 Å². The summed E-state index contributed by atoms with van der Waals surface area (Å²) in [5.74, 6) is 0.165. The number of amides is 1. The number of rotatable bonds is 6. The van der Waals surface area contributed by atoms with Gasteiger partial charge in [0, 0.05) is 37.5 Å². The zero-order valence-electron chi connectivity index (χ0n) is 16.2. The van der Waals surface area contributed by atoms with Gasteiger partial charge in [-0.25, -0.2) is 0 Å². The number of nitrogens with zero attached hydrogens (tertiary/aromatic N) is 2. The van der Waals surface area contributed by atoms with E-state index in [4.69, 9.17) is 4.74 Å². The lowest BCUT2D eigenvalue weighted by Gasteiger charge is -2.41. The Morgan fingerprint density at radius 2 is 1.81 bits per heavy atom. The van der Waals surface area contributed by atoms with E-state index in [9.17, 15) is 4.79 Å². The molecule has 0 saturated carbocycles. The summed E-state index contributed by atoms with van der Waals surface area (Å²) in [4.78, 5) is 17.3. The number of piperidine rings is 1. The second-order valence-electron chi connectivity index (χ2n) is 7.93. The van der Waals surface area contributed by atoms with Crippen LogP contribution in [0, 0.1) is 0 Å². The van der Waals surface area contributed by atoms with E-state index in [2.05, 4.69) is 59.4 Å². The Labute approximate surface area is 157 Å². The van der Waals surface area contributed by atoms with Crippen molar-refractivity contribution in [2.45, 2.75) is 37.6 Å². The summed E-state index contributed by atoms with van der Waals surface area (Å²) >= 11 is 0. The van der Waals surface area contributed by atoms with Crippen molar-refractivity contribution in [1.29, 1.82) is 0 Å². The molecule has 1 atom stereocenters. The number of carbonyl (C=O) groups is 1. The van der Waals surface area contributed by atoms with Crippen molar-refractivity contribution >= 4 is 5.91 Å². The molecule has 1 aromatic carbocycles. The Morgan fingerprint density at radius 3 is 2.46 bits per heavy atom. The third-order valence-electron chi connectivity index (χ3n) is 6.10. The number of benzene rings is 1. The predicted molar refractivity (Wildman–Crippen MR) is 104 cm³/mol. The van der Waals surface area contributed by atoms with Gasteiger partial charge in [-0.2, -0.15) is 0 Å². The molecule has 0 radical (unpaired) electrons. The van der Waals surface area contributed by atoms with Crippen LogP contribution >= 0.6 is 0 Å². The molecule has 1 aromatic rings. The molecule has 2 aliphatic rings. The minimum atomic E-state index is 0.0611. The lowest BCUT2D eigenvalue weighted by atomic mass is 9.72. The molecule has 3 rings (SSSR count). The van der Waals surface area contributed by atoms with E-state index < -0.39 is 0 Å². The highest BCUT2D eigenvalue weighted by atomic mass is 16.5. The number of nitrogens with one attached hydrogen (secondary N) is 1. The highest BCUT2D eigenvalue weighted by Crippen LogP contribution is 2.34. The first kappa shape index (κ1) is 19.3. The first-order chi connectivity index (χ1) is 12.6. The quantitative estimate of drug-likeness (QED) is 0.842. The molecule has 1 unspecified atom stereocenters. The van der Waals surface area contributed by atoms with Gasteiger partial charge in [0.15, 0.2) is 0 Å². The standard InChI is InChI=1S/C21H33N3O2/c1-18(24-12-14-26-15-13-24)16-20(25)22-17-21(8-10-23(2)11-9-21)19-6-4-3-5-7-19/h3-7,18H,8-17H2,1-2H3,(H,22,25). The number of likely N-dealkylation sites (tertiary alicyclic amines) is 1. The summed E-state index contributed by atoms with van der Waals surface area (Å²) in [6.45, 7) is 8.44. The van der Waals surface area contributed by atoms with Gasteiger partial charge in [0.25, 0.3) is 0 Å². The molecule has 2 heterocycles. The lowest BCUT2D eigenvalue weighted by Crippen LogP contribution is -2.49. The zero-order chi connectivity index (χ0) is 18.4. The van der Waals surface area contributed by atoms with Crippen LogP contribution in [0.1, 0.15) is 31.7 Å². The van der Waals surface area contributed by atoms with Gasteiger partial charge in [-0.15, -0.1) is 0 Å². The average Bonchev–Trinajstić information content (AvgIpc) is 2.69. The third-order valence-corrected chi connectivity index (χ3v) is 6.10. The number of morpholine rings is 1. The van der Waals surface area contributed by atoms with Crippen molar-refractivity contribution in [3.05, 3.63) is 35.9 Å². The fourth-order valence-electron chi connectivity index (χ4n) is 4.16. The second-order valence-corrected chi connectivity index (χ2v) is 7.93. The molecule has 5 heteroatoms. The molecule has 0 spiro atoms. The van der Waals surface area contributed by atoms with Crippen molar-refractivity contribution in [1.82, 2.24) is 15.1 Å². The van der Waals surface area contributed by atoms with E-state index in [1.54, 1.807) is 0 Å². The van der Waals surface area contributed by atoms with Crippen LogP contribution in [-0.2, 0) is 14.9 Å². The first-order valence-corrected chi connectivity index (χ1v) is 9.92. The molecular formula is C21H33N3O2. The second kappa shape index (κ2) is 8.98. The van der Waals surface area contributed by atoms with Crippen molar-refractivity contribution in [2.24, 2.45) is 0 Å². The average molecular weight is 360 g/mol. The van der Waals surface area contributed by atoms with Gasteiger partial charge in [0.2, 0.25) is 5.91 Å². The molecule has 5 nitrogen and oxygen atoms in total. The van der Waals surface area contributed by atoms with Gasteiger partial charge in [-0.05, 0) is 45.5 Å². The molecule has 0 aromatic heterocycles. The van der Waals surface area contributed by atoms with Crippen LogP contribution in [0.15, 0.2) is 30.3 Å². The summed E-state index contributed by atoms with van der Waals surface area (Å²) < 4.78 is 5.41. The third kappa shape index (κ3) is 4.84. The van der Waals surface area contributed by atoms with Crippen LogP contribution in [0.3, 0.4) is 0 Å². The maximum atomic E-state index is 12.6. The summed E-state index contributed by atoms with van der Waals surface area (Å²) in [5, 5.41) is 3.26. The minimum absolute atomic E-state index is 0.0611. The van der Waals surface area contributed by atoms with E-state index in [-0.39, 0.29) is 17.4 Å². The smallest absolute Gasteiger partial charge is 0.221 e. The summed E-state index contributed by atoms with van der Waals surface area (Å²) in [6, 6.07) is 11.0. The minimum Gasteiger partial charge on any atom is -0.379 e. The van der Waals surface area contributed by atoms with Gasteiger partial charge < -0.3 is 15.0 Å². The summed E-state index contributed by atoms with van der Waals surface area (Å²) in [6.07, 6.45) is 2.74. The van der Waals surface area contributed by atoms with Crippen molar-refractivity contribution in [2.75, 3.05) is 53.0 Å². The molecule has 2 saturated heterocycles. The number of hydrogen-bond donors (Lipinski definition) is 1. The molecule has 26 heavy (non-hydrogen) atoms. The monoisotopic (exact) mass is 359 g/mol. The van der Waals surface area contributed by atoms with Crippen LogP contribution in [0.4, 0.5) is 0 Å². The molecule has 2 aliphatic heterocycles. The molecule has 1 N–H and O–H groups in total. The Morgan fingerprint density at radius 1 is 1.15 bits per heavy atom. The van der Waals surface area contributed by atoms with Gasteiger partial charge in [-0.3, -0.25) is 9.69 Å². The van der Waals surface area contributed by atoms with E-state index in [1.165, 1.54) is 5.56 Å². The van der Waals surface area contributed by atoms with Gasteiger partial charge >= 0.3 is 0 Å². The maximum absolute atomic E-state index is 12.6. The fourth-order valence-corrected chi connectivity index (χ4v) is 4.16. The molecule has 144 valence electrons. The fraction of sp³-hybridized carbons (Fsp3) is 0.667. The van der Waals surface area contributed by atoms with E-state index in [0.717, 1.165) is 58.8 Å². The van der Waals surface area contributed by atoms with Crippen LogP contribution in [0.25, 0.3) is 0 Å². The summed E-state index contributed by atoms with van der Waals surface area (Å²) in [5.41, 5.74) is 1.42. The Hall–Kier alpha value is -1.43. The SMILES string of the molecule is CC(CC(=O)NCC1(c2ccccc2)CCN(C)CC1)N1CCOCC1. The molecule has 2 fully saturated rings. The van der Waals surface area contributed by atoms with Crippen molar-refractivity contribution in [3.63, 3.8) is 0 Å². The predicted octanol–water partition coefficient (Wildman–Crippen LogP) is 1.88. The topological polar surface area (TPSA) is 44.8 Å². The number of ether oxygens (including phenoxy) is 1. The largest absolute Gasteiger partial charge is 0.379 e. The highest BCUT2D eigenvalue weighted by molar-refractivity contribution is 5.76. The first-order valence-electron chi connectivity index (χ1n) is 9.92. The van der Waals surface area contributed by atoms with Gasteiger partial charge in [0.05, 0.1) is 13.2 Å². The van der Waals surface area contributed by atoms with Crippen molar-refractivity contribution in [3.8, 4) is 0 Å². The van der Waals surface area contributed by atoms with Gasteiger partial charge in [-0.1, -0.05) is 30.3 Å². The lowest BCUT2D eigenvalue weighted by molar-refractivity contribution is -0.123. The maximum Gasteiger partial charge on any atom is 0.221 e. The number of carbonyl (C=O) groups excluding carboxylic acids is 1. The van der Waals surface area contributed by atoms with Crippen molar-refractivity contribution < 1.29 is 9.53 Å². The Bertz CT molecular complexity index is 564. The summed E-state index contributed by atoms with van der Waals surface area (Å²) in [7, 11) is 2.18. The van der Waals surface area contributed by atoms with Crippen LogP contribution < -0.4 is 5.32 Å². The Kier molecular flexibility index (Phi) is 6.68.